The maximum absolute atomic E-state index is 11.6. The normalized spacial score (nSPS) is 18.1. The van der Waals surface area contributed by atoms with Crippen molar-refractivity contribution in [3.05, 3.63) is 33.9 Å². The van der Waals surface area contributed by atoms with E-state index in [1.807, 2.05) is 6.92 Å². The zero-order valence-corrected chi connectivity index (χ0v) is 10.3. The van der Waals surface area contributed by atoms with Crippen molar-refractivity contribution >= 4 is 17.4 Å². The maximum Gasteiger partial charge on any atom is 0.311 e. The number of hydrogen-bond donors (Lipinski definition) is 2. The smallest absolute Gasteiger partial charge is 0.311 e. The monoisotopic (exact) mass is 263 g/mol. The van der Waals surface area contributed by atoms with Gasteiger partial charge in [-0.3, -0.25) is 19.9 Å². The van der Waals surface area contributed by atoms with E-state index in [0.29, 0.717) is 17.8 Å². The van der Waals surface area contributed by atoms with Gasteiger partial charge in [0.05, 0.1) is 4.92 Å². The van der Waals surface area contributed by atoms with E-state index in [-0.39, 0.29) is 5.91 Å². The summed E-state index contributed by atoms with van der Waals surface area (Å²) in [5.41, 5.74) is 0.00448. The van der Waals surface area contributed by atoms with Crippen LogP contribution < -0.4 is 5.32 Å². The topological polar surface area (TPSA) is 105 Å². The molecular formula is C12H13N3O4. The lowest BCUT2D eigenvalue weighted by molar-refractivity contribution is -0.385. The van der Waals surface area contributed by atoms with Crippen molar-refractivity contribution in [3.63, 3.8) is 0 Å². The van der Waals surface area contributed by atoms with Gasteiger partial charge in [0, 0.05) is 11.6 Å². The van der Waals surface area contributed by atoms with Gasteiger partial charge in [-0.05, 0) is 18.6 Å². The standard InChI is InChI=1S/C12H13N3O4/c1-2-3-8-12(17)14-11(13-8)7-4-5-10(16)9(6-7)15(18)19/h4-6,8,16H,2-3H2,1H3,(H,13,14,17). The van der Waals surface area contributed by atoms with Crippen LogP contribution in [0.15, 0.2) is 23.2 Å². The molecule has 100 valence electrons. The molecule has 7 heteroatoms. The molecule has 0 aliphatic carbocycles. The number of nitro benzene ring substituents is 1. The van der Waals surface area contributed by atoms with Crippen molar-refractivity contribution in [3.8, 4) is 5.75 Å². The molecule has 0 saturated carbocycles. The summed E-state index contributed by atoms with van der Waals surface area (Å²) in [4.78, 5) is 25.9. The zero-order chi connectivity index (χ0) is 14.0. The second-order valence-electron chi connectivity index (χ2n) is 4.23. The minimum absolute atomic E-state index is 0.201. The molecule has 1 atom stereocenters. The van der Waals surface area contributed by atoms with Crippen LogP contribution in [-0.2, 0) is 4.79 Å². The molecule has 1 aliphatic rings. The summed E-state index contributed by atoms with van der Waals surface area (Å²) >= 11 is 0. The Morgan fingerprint density at radius 3 is 2.89 bits per heavy atom. The molecule has 0 radical (unpaired) electrons. The van der Waals surface area contributed by atoms with Crippen molar-refractivity contribution in [2.75, 3.05) is 0 Å². The Kier molecular flexibility index (Phi) is 3.46. The quantitative estimate of drug-likeness (QED) is 0.631. The number of aliphatic imine (C=N–C) groups is 1. The highest BCUT2D eigenvalue weighted by Gasteiger charge is 2.27. The fraction of sp³-hybridized carbons (Fsp3) is 0.333. The van der Waals surface area contributed by atoms with Crippen LogP contribution in [-0.4, -0.2) is 27.8 Å². The number of carbonyl (C=O) groups excluding carboxylic acids is 1. The first-order chi connectivity index (χ1) is 9.02. The van der Waals surface area contributed by atoms with Crippen molar-refractivity contribution in [1.82, 2.24) is 5.32 Å². The lowest BCUT2D eigenvalue weighted by Gasteiger charge is -2.02. The summed E-state index contributed by atoms with van der Waals surface area (Å²) < 4.78 is 0. The van der Waals surface area contributed by atoms with Crippen LogP contribution >= 0.6 is 0 Å². The molecule has 0 saturated heterocycles. The van der Waals surface area contributed by atoms with Crippen LogP contribution in [0.25, 0.3) is 0 Å². The number of carbonyl (C=O) groups is 1. The van der Waals surface area contributed by atoms with Gasteiger partial charge < -0.3 is 10.4 Å². The van der Waals surface area contributed by atoms with Gasteiger partial charge in [0.15, 0.2) is 5.75 Å². The molecule has 7 nitrogen and oxygen atoms in total. The summed E-state index contributed by atoms with van der Waals surface area (Å²) in [7, 11) is 0. The number of hydrogen-bond acceptors (Lipinski definition) is 5. The van der Waals surface area contributed by atoms with Gasteiger partial charge in [-0.1, -0.05) is 13.3 Å². The van der Waals surface area contributed by atoms with E-state index in [1.165, 1.54) is 18.2 Å². The fourth-order valence-corrected chi connectivity index (χ4v) is 1.88. The van der Waals surface area contributed by atoms with Crippen LogP contribution in [0.3, 0.4) is 0 Å². The molecule has 1 aromatic carbocycles. The largest absolute Gasteiger partial charge is 0.502 e. The Bertz CT molecular complexity index is 568. The van der Waals surface area contributed by atoms with Gasteiger partial charge in [-0.25, -0.2) is 0 Å². The van der Waals surface area contributed by atoms with Gasteiger partial charge >= 0.3 is 5.69 Å². The molecule has 1 aromatic rings. The van der Waals surface area contributed by atoms with Crippen molar-refractivity contribution in [2.24, 2.45) is 4.99 Å². The van der Waals surface area contributed by atoms with Gasteiger partial charge in [0.1, 0.15) is 11.9 Å². The molecule has 1 aliphatic heterocycles. The highest BCUT2D eigenvalue weighted by Crippen LogP contribution is 2.27. The number of nitrogens with one attached hydrogen (secondary N) is 1. The number of amidine groups is 1. The van der Waals surface area contributed by atoms with Gasteiger partial charge in [0.25, 0.3) is 0 Å². The van der Waals surface area contributed by atoms with E-state index >= 15 is 0 Å². The lowest BCUT2D eigenvalue weighted by atomic mass is 10.1. The molecule has 1 unspecified atom stereocenters. The van der Waals surface area contributed by atoms with E-state index in [9.17, 15) is 20.0 Å². The molecular weight excluding hydrogens is 250 g/mol. The van der Waals surface area contributed by atoms with E-state index in [0.717, 1.165) is 6.42 Å². The number of phenolic OH excluding ortho intramolecular Hbond substituents is 1. The summed E-state index contributed by atoms with van der Waals surface area (Å²) in [5.74, 6) is -0.303. The number of nitrogens with zero attached hydrogens (tertiary/aromatic N) is 2. The van der Waals surface area contributed by atoms with Crippen LogP contribution in [0.4, 0.5) is 5.69 Å². The molecule has 2 rings (SSSR count). The van der Waals surface area contributed by atoms with Crippen LogP contribution in [0.2, 0.25) is 0 Å². The number of aromatic hydroxyl groups is 1. The number of benzene rings is 1. The van der Waals surface area contributed by atoms with E-state index in [1.54, 1.807) is 0 Å². The van der Waals surface area contributed by atoms with Crippen molar-refractivity contribution in [2.45, 2.75) is 25.8 Å². The van der Waals surface area contributed by atoms with Crippen LogP contribution in [0.1, 0.15) is 25.3 Å². The second-order valence-corrected chi connectivity index (χ2v) is 4.23. The van der Waals surface area contributed by atoms with E-state index in [4.69, 9.17) is 0 Å². The van der Waals surface area contributed by atoms with Crippen LogP contribution in [0.5, 0.6) is 5.75 Å². The number of nitro groups is 1. The summed E-state index contributed by atoms with van der Waals surface area (Å²) in [6, 6.07) is 3.46. The molecule has 0 spiro atoms. The Hall–Kier alpha value is -2.44. The Balaban J connectivity index is 2.33. The molecule has 0 bridgehead atoms. The molecule has 1 heterocycles. The average Bonchev–Trinajstić information content (AvgIpc) is 2.72. The van der Waals surface area contributed by atoms with Crippen molar-refractivity contribution in [1.29, 1.82) is 0 Å². The zero-order valence-electron chi connectivity index (χ0n) is 10.3. The number of amides is 1. The summed E-state index contributed by atoms with van der Waals surface area (Å²) in [5, 5.41) is 22.7. The second kappa shape index (κ2) is 5.05. The third kappa shape index (κ3) is 2.54. The highest BCUT2D eigenvalue weighted by atomic mass is 16.6. The summed E-state index contributed by atoms with van der Waals surface area (Å²) in [6.07, 6.45) is 1.46. The van der Waals surface area contributed by atoms with Gasteiger partial charge in [-0.2, -0.15) is 0 Å². The highest BCUT2D eigenvalue weighted by molar-refractivity contribution is 6.13. The lowest BCUT2D eigenvalue weighted by Crippen LogP contribution is -2.29. The Labute approximate surface area is 109 Å². The number of phenols is 1. The van der Waals surface area contributed by atoms with Crippen molar-refractivity contribution < 1.29 is 14.8 Å². The molecule has 0 fully saturated rings. The van der Waals surface area contributed by atoms with Gasteiger partial charge in [0.2, 0.25) is 5.91 Å². The van der Waals surface area contributed by atoms with Gasteiger partial charge in [-0.15, -0.1) is 0 Å². The minimum atomic E-state index is -0.681. The molecule has 19 heavy (non-hydrogen) atoms. The SMILES string of the molecule is CCCC1N=C(c2ccc(O)c([N+](=O)[O-])c2)NC1=O. The molecule has 2 N–H and O–H groups in total. The predicted molar refractivity (Wildman–Crippen MR) is 68.1 cm³/mol. The van der Waals surface area contributed by atoms with E-state index in [2.05, 4.69) is 10.3 Å². The van der Waals surface area contributed by atoms with E-state index < -0.39 is 22.4 Å². The summed E-state index contributed by atoms with van der Waals surface area (Å²) in [6.45, 7) is 1.95. The minimum Gasteiger partial charge on any atom is -0.502 e. The first-order valence-electron chi connectivity index (χ1n) is 5.89. The average molecular weight is 263 g/mol. The molecule has 1 amide bonds. The fourth-order valence-electron chi connectivity index (χ4n) is 1.88. The third-order valence-corrected chi connectivity index (χ3v) is 2.84. The first-order valence-corrected chi connectivity index (χ1v) is 5.89. The third-order valence-electron chi connectivity index (χ3n) is 2.84. The first kappa shape index (κ1) is 13.0. The number of rotatable bonds is 4. The predicted octanol–water partition coefficient (Wildman–Crippen LogP) is 1.35. The Morgan fingerprint density at radius 2 is 2.26 bits per heavy atom. The van der Waals surface area contributed by atoms with Crippen LogP contribution in [0, 0.1) is 10.1 Å². The Morgan fingerprint density at radius 1 is 1.53 bits per heavy atom. The maximum atomic E-state index is 11.6. The molecule has 0 aromatic heterocycles.